The molecule has 72 heavy (non-hydrogen) atoms. The maximum Gasteiger partial charge on any atom is 0.326 e. The number of hydrogen-bond donors (Lipinski definition) is 13. The maximum absolute atomic E-state index is 14.3. The molecule has 24 nitrogen and oxygen atoms in total. The van der Waals surface area contributed by atoms with Crippen molar-refractivity contribution in [2.24, 2.45) is 17.6 Å². The van der Waals surface area contributed by atoms with Crippen molar-refractivity contribution in [2.75, 3.05) is 0 Å². The van der Waals surface area contributed by atoms with Gasteiger partial charge in [0.2, 0.25) is 41.4 Å². The molecular formula is C48H65N9O15. The Balaban J connectivity index is 1.87. The van der Waals surface area contributed by atoms with E-state index in [1.54, 1.807) is 88.5 Å². The summed E-state index contributed by atoms with van der Waals surface area (Å²) in [4.78, 5) is 145. The van der Waals surface area contributed by atoms with Gasteiger partial charge in [-0.15, -0.1) is 0 Å². The summed E-state index contributed by atoms with van der Waals surface area (Å²) >= 11 is 0. The molecule has 1 heterocycles. The van der Waals surface area contributed by atoms with Crippen molar-refractivity contribution >= 4 is 76.1 Å². The molecule has 3 aromatic rings. The second-order valence-electron chi connectivity index (χ2n) is 18.1. The number of para-hydroxylation sites is 1. The van der Waals surface area contributed by atoms with Crippen molar-refractivity contribution in [1.82, 2.24) is 42.2 Å². The predicted octanol–water partition coefficient (Wildman–Crippen LogP) is -0.315. The van der Waals surface area contributed by atoms with Crippen LogP contribution in [0.5, 0.6) is 0 Å². The summed E-state index contributed by atoms with van der Waals surface area (Å²) in [5.74, 6) is -13.1. The van der Waals surface area contributed by atoms with Crippen LogP contribution in [0, 0.1) is 11.8 Å². The molecule has 0 saturated heterocycles. The van der Waals surface area contributed by atoms with Crippen molar-refractivity contribution in [3.8, 4) is 0 Å². The zero-order chi connectivity index (χ0) is 53.8. The topological polar surface area (TPSA) is 395 Å². The van der Waals surface area contributed by atoms with Crippen LogP contribution in [0.15, 0.2) is 60.8 Å². The van der Waals surface area contributed by atoms with Gasteiger partial charge in [-0.3, -0.25) is 47.9 Å². The van der Waals surface area contributed by atoms with E-state index in [2.05, 4.69) is 42.2 Å². The molecule has 0 bridgehead atoms. The van der Waals surface area contributed by atoms with Crippen LogP contribution in [-0.2, 0) is 65.6 Å². The van der Waals surface area contributed by atoms with E-state index in [0.717, 1.165) is 6.92 Å². The molecule has 0 aliphatic carbocycles. The molecule has 8 atom stereocenters. The number of carbonyl (C=O) groups is 11. The van der Waals surface area contributed by atoms with Crippen LogP contribution in [0.4, 0.5) is 0 Å². The zero-order valence-corrected chi connectivity index (χ0v) is 40.6. The van der Waals surface area contributed by atoms with E-state index in [1.807, 2.05) is 0 Å². The quantitative estimate of drug-likeness (QED) is 0.0407. The van der Waals surface area contributed by atoms with Crippen LogP contribution in [0.2, 0.25) is 0 Å². The average Bonchev–Trinajstić information content (AvgIpc) is 3.72. The summed E-state index contributed by atoms with van der Waals surface area (Å²) in [5.41, 5.74) is 7.61. The minimum absolute atomic E-state index is 0.0204. The molecule has 14 N–H and O–H groups in total. The van der Waals surface area contributed by atoms with E-state index in [0.29, 0.717) is 22.0 Å². The molecule has 0 radical (unpaired) electrons. The van der Waals surface area contributed by atoms with E-state index < -0.39 is 145 Å². The lowest BCUT2D eigenvalue weighted by Crippen LogP contribution is -2.61. The Morgan fingerprint density at radius 2 is 1.06 bits per heavy atom. The third-order valence-electron chi connectivity index (χ3n) is 11.3. The molecule has 3 rings (SSSR count). The Kier molecular flexibility index (Phi) is 22.8. The third kappa shape index (κ3) is 19.1. The molecule has 24 heteroatoms. The van der Waals surface area contributed by atoms with Crippen molar-refractivity contribution in [3.63, 3.8) is 0 Å². The molecular weight excluding hydrogens is 943 g/mol. The number of nitrogens with one attached hydrogen (secondary N) is 8. The Morgan fingerprint density at radius 3 is 1.65 bits per heavy atom. The maximum atomic E-state index is 14.3. The molecule has 0 saturated carbocycles. The van der Waals surface area contributed by atoms with Crippen molar-refractivity contribution in [3.05, 3.63) is 71.9 Å². The standard InChI is InChI=1S/C48H65N9O15/c1-24(2)19-33(55-47(70)40(25(3)4)57-42(65)30(49)15-17-37(58)59)45(68)53-34(21-28-23-50-31-14-10-9-13-29(28)31)46(69)54-35(22-39(62)63)44(67)51-26(5)41(64)52-32(16-18-38(60)61)43(66)56-36(48(71)72)20-27-11-7-6-8-12-27/h6-14,23-26,30,32-36,40,50H,15-22,49H2,1-5H3,(H,51,67)(H,52,64)(H,53,68)(H,54,69)(H,55,70)(H,56,66)(H,57,65)(H,58,59)(H,60,61)(H,62,63)(H,71,72)/t26-,30-,32-,33-,34-,35-,36-,40-/m0/s1. The summed E-state index contributed by atoms with van der Waals surface area (Å²) in [6.45, 7) is 7.91. The lowest BCUT2D eigenvalue weighted by molar-refractivity contribution is -0.143. The molecule has 7 amide bonds. The first-order chi connectivity index (χ1) is 33.9. The number of carboxylic acids is 4. The minimum Gasteiger partial charge on any atom is -0.481 e. The molecule has 2 aromatic carbocycles. The number of benzene rings is 2. The number of carboxylic acid groups (broad SMARTS) is 4. The van der Waals surface area contributed by atoms with Gasteiger partial charge < -0.3 is 68.4 Å². The van der Waals surface area contributed by atoms with Crippen LogP contribution in [0.1, 0.15) is 84.3 Å². The van der Waals surface area contributed by atoms with Crippen molar-refractivity contribution in [1.29, 1.82) is 0 Å². The molecule has 1 aromatic heterocycles. The van der Waals surface area contributed by atoms with Crippen molar-refractivity contribution in [2.45, 2.75) is 134 Å². The van der Waals surface area contributed by atoms with Gasteiger partial charge in [0, 0.05) is 42.8 Å². The fourth-order valence-corrected chi connectivity index (χ4v) is 7.36. The summed E-state index contributed by atoms with van der Waals surface area (Å²) in [5, 5.41) is 55.6. The fraction of sp³-hybridized carbons (Fsp3) is 0.479. The minimum atomic E-state index is -1.89. The van der Waals surface area contributed by atoms with E-state index in [4.69, 9.17) is 10.8 Å². The smallest absolute Gasteiger partial charge is 0.326 e. The Labute approximate surface area is 414 Å². The zero-order valence-electron chi connectivity index (χ0n) is 40.6. The summed E-state index contributed by atoms with van der Waals surface area (Å²) < 4.78 is 0. The van der Waals surface area contributed by atoms with E-state index in [-0.39, 0.29) is 31.6 Å². The van der Waals surface area contributed by atoms with Crippen LogP contribution in [0.3, 0.4) is 0 Å². The molecule has 0 aliphatic heterocycles. The normalized spacial score (nSPS) is 14.5. The highest BCUT2D eigenvalue weighted by molar-refractivity contribution is 5.99. The van der Waals surface area contributed by atoms with Gasteiger partial charge in [-0.1, -0.05) is 76.2 Å². The lowest BCUT2D eigenvalue weighted by Gasteiger charge is -2.28. The first-order valence-electron chi connectivity index (χ1n) is 23.2. The van der Waals surface area contributed by atoms with Crippen LogP contribution < -0.4 is 43.0 Å². The molecule has 0 aliphatic rings. The first-order valence-corrected chi connectivity index (χ1v) is 23.2. The molecule has 0 unspecified atom stereocenters. The van der Waals surface area contributed by atoms with Crippen LogP contribution in [-0.4, -0.2) is 139 Å². The second-order valence-corrected chi connectivity index (χ2v) is 18.1. The second kappa shape index (κ2) is 28.1. The largest absolute Gasteiger partial charge is 0.481 e. The van der Waals surface area contributed by atoms with Gasteiger partial charge in [-0.05, 0) is 55.2 Å². The van der Waals surface area contributed by atoms with Gasteiger partial charge in [0.05, 0.1) is 12.5 Å². The summed E-state index contributed by atoms with van der Waals surface area (Å²) in [6, 6.07) is 3.36. The van der Waals surface area contributed by atoms with Gasteiger partial charge in [-0.25, -0.2) is 4.79 Å². The summed E-state index contributed by atoms with van der Waals surface area (Å²) in [7, 11) is 0. The number of aromatic amines is 1. The number of aliphatic carboxylic acids is 4. The number of fused-ring (bicyclic) bond motifs is 1. The fourth-order valence-electron chi connectivity index (χ4n) is 7.36. The highest BCUT2D eigenvalue weighted by Crippen LogP contribution is 2.20. The number of hydrogen-bond acceptors (Lipinski definition) is 12. The number of rotatable bonds is 30. The Bertz CT molecular complexity index is 2430. The summed E-state index contributed by atoms with van der Waals surface area (Å²) in [6.07, 6.45) is -1.55. The molecule has 392 valence electrons. The highest BCUT2D eigenvalue weighted by atomic mass is 16.4. The first kappa shape index (κ1) is 58.4. The lowest BCUT2D eigenvalue weighted by atomic mass is 9.98. The van der Waals surface area contributed by atoms with Crippen LogP contribution >= 0.6 is 0 Å². The van der Waals surface area contributed by atoms with Gasteiger partial charge in [0.1, 0.15) is 42.3 Å². The van der Waals surface area contributed by atoms with Gasteiger partial charge in [0.15, 0.2) is 0 Å². The average molecular weight is 1010 g/mol. The van der Waals surface area contributed by atoms with E-state index >= 15 is 0 Å². The van der Waals surface area contributed by atoms with E-state index in [9.17, 15) is 68.1 Å². The SMILES string of the molecule is CC(C)C[C@H](NC(=O)[C@@H](NC(=O)[C@@H](N)CCC(=O)O)C(C)C)C(=O)N[C@@H](Cc1c[nH]c2ccccc12)C(=O)N[C@@H](CC(=O)O)C(=O)N[C@@H](C)C(=O)N[C@@H](CCC(=O)O)C(=O)N[C@@H](Cc1ccccc1)C(=O)O. The number of H-pyrrole nitrogens is 1. The van der Waals surface area contributed by atoms with Crippen LogP contribution in [0.25, 0.3) is 10.9 Å². The molecule has 0 fully saturated rings. The van der Waals surface area contributed by atoms with E-state index in [1.165, 1.54) is 0 Å². The number of amides is 7. The molecule has 0 spiro atoms. The Morgan fingerprint density at radius 1 is 0.528 bits per heavy atom. The number of nitrogens with two attached hydrogens (primary N) is 1. The van der Waals surface area contributed by atoms with Gasteiger partial charge >= 0.3 is 23.9 Å². The predicted molar refractivity (Wildman–Crippen MR) is 257 cm³/mol. The third-order valence-corrected chi connectivity index (χ3v) is 11.3. The Hall–Kier alpha value is -7.89. The number of aromatic nitrogens is 1. The van der Waals surface area contributed by atoms with Gasteiger partial charge in [-0.2, -0.15) is 0 Å². The number of carbonyl (C=O) groups excluding carboxylic acids is 7. The van der Waals surface area contributed by atoms with Crippen molar-refractivity contribution < 1.29 is 73.2 Å². The van der Waals surface area contributed by atoms with Gasteiger partial charge in [0.25, 0.3) is 0 Å². The highest BCUT2D eigenvalue weighted by Gasteiger charge is 2.36. The monoisotopic (exact) mass is 1010 g/mol.